The molecule has 1 aromatic heterocycles. The Hall–Kier alpha value is -0.300. The van der Waals surface area contributed by atoms with Gasteiger partial charge in [-0.1, -0.05) is 26.2 Å². The third-order valence-corrected chi connectivity index (χ3v) is 3.08. The number of nitrogens with one attached hydrogen (secondary N) is 1. The van der Waals surface area contributed by atoms with E-state index in [1.54, 1.807) is 11.3 Å². The molecule has 0 saturated heterocycles. The van der Waals surface area contributed by atoms with Crippen molar-refractivity contribution in [3.8, 4) is 0 Å². The van der Waals surface area contributed by atoms with E-state index in [4.69, 9.17) is 5.73 Å². The van der Waals surface area contributed by atoms with E-state index in [0.29, 0.717) is 12.5 Å². The number of nitrogens with two attached hydrogens (primary N) is 1. The van der Waals surface area contributed by atoms with Gasteiger partial charge in [0.05, 0.1) is 6.54 Å². The van der Waals surface area contributed by atoms with Gasteiger partial charge in [-0.15, -0.1) is 24.0 Å². The number of rotatable bonds is 7. The zero-order chi connectivity index (χ0) is 11.6. The largest absolute Gasteiger partial charge is 0.370 e. The molecule has 0 aliphatic carbocycles. The van der Waals surface area contributed by atoms with Crippen molar-refractivity contribution in [2.45, 2.75) is 39.2 Å². The summed E-state index contributed by atoms with van der Waals surface area (Å²) in [6, 6.07) is 2.07. The average molecular weight is 367 g/mol. The highest BCUT2D eigenvalue weighted by atomic mass is 127. The normalized spacial score (nSPS) is 11.0. The van der Waals surface area contributed by atoms with Crippen LogP contribution in [-0.2, 0) is 6.54 Å². The van der Waals surface area contributed by atoms with E-state index >= 15 is 0 Å². The van der Waals surface area contributed by atoms with Gasteiger partial charge in [0.15, 0.2) is 5.96 Å². The molecule has 0 bridgehead atoms. The summed E-state index contributed by atoms with van der Waals surface area (Å²) in [6.07, 6.45) is 5.00. The molecule has 1 rings (SSSR count). The smallest absolute Gasteiger partial charge is 0.188 e. The van der Waals surface area contributed by atoms with Crippen molar-refractivity contribution in [2.75, 3.05) is 6.54 Å². The van der Waals surface area contributed by atoms with Crippen LogP contribution in [0.2, 0.25) is 0 Å². The second-order valence-corrected chi connectivity index (χ2v) is 4.60. The molecule has 0 radical (unpaired) electrons. The number of thiophene rings is 1. The Bertz CT molecular complexity index is 299. The maximum atomic E-state index is 5.75. The molecule has 5 heteroatoms. The summed E-state index contributed by atoms with van der Waals surface area (Å²) in [4.78, 5) is 4.27. The molecule has 0 aromatic carbocycles. The summed E-state index contributed by atoms with van der Waals surface area (Å²) in [7, 11) is 0. The molecule has 0 unspecified atom stereocenters. The van der Waals surface area contributed by atoms with Crippen LogP contribution in [0.3, 0.4) is 0 Å². The fraction of sp³-hybridized carbons (Fsp3) is 0.583. The minimum atomic E-state index is 0. The van der Waals surface area contributed by atoms with Crippen molar-refractivity contribution in [1.82, 2.24) is 5.32 Å². The predicted octanol–water partition coefficient (Wildman–Crippen LogP) is 3.35. The van der Waals surface area contributed by atoms with Crippen molar-refractivity contribution in [1.29, 1.82) is 0 Å². The number of aliphatic imine (C=N–C) groups is 1. The Labute approximate surface area is 125 Å². The first-order valence-corrected chi connectivity index (χ1v) is 6.82. The van der Waals surface area contributed by atoms with Crippen LogP contribution in [0, 0.1) is 0 Å². The number of nitrogens with zero attached hydrogens (tertiary/aromatic N) is 1. The third-order valence-electron chi connectivity index (χ3n) is 2.35. The highest BCUT2D eigenvalue weighted by molar-refractivity contribution is 14.0. The standard InChI is InChI=1S/C12H21N3S.HI/c1-2-3-4-5-7-14-12(13)15-9-11-6-8-16-10-11;/h6,8,10H,2-5,7,9H2,1H3,(H3,13,14,15);1H. The van der Waals surface area contributed by atoms with E-state index < -0.39 is 0 Å². The fourth-order valence-electron chi connectivity index (χ4n) is 1.38. The number of unbranched alkanes of at least 4 members (excludes halogenated alkanes) is 3. The molecule has 3 nitrogen and oxygen atoms in total. The van der Waals surface area contributed by atoms with E-state index in [1.807, 2.05) is 0 Å². The minimum Gasteiger partial charge on any atom is -0.370 e. The molecule has 0 aliphatic rings. The molecule has 0 fully saturated rings. The van der Waals surface area contributed by atoms with Gasteiger partial charge in [0.25, 0.3) is 0 Å². The van der Waals surface area contributed by atoms with Crippen LogP contribution in [0.15, 0.2) is 21.8 Å². The summed E-state index contributed by atoms with van der Waals surface area (Å²) in [5, 5.41) is 7.29. The van der Waals surface area contributed by atoms with E-state index in [9.17, 15) is 0 Å². The van der Waals surface area contributed by atoms with Gasteiger partial charge in [-0.25, -0.2) is 4.99 Å². The van der Waals surface area contributed by atoms with Crippen LogP contribution < -0.4 is 11.1 Å². The third kappa shape index (κ3) is 8.43. The average Bonchev–Trinajstić information content (AvgIpc) is 2.79. The molecule has 0 spiro atoms. The Morgan fingerprint density at radius 1 is 1.41 bits per heavy atom. The molecule has 0 amide bonds. The van der Waals surface area contributed by atoms with Crippen molar-refractivity contribution in [3.05, 3.63) is 22.4 Å². The van der Waals surface area contributed by atoms with Crippen molar-refractivity contribution < 1.29 is 0 Å². The van der Waals surface area contributed by atoms with E-state index in [2.05, 4.69) is 34.1 Å². The molecule has 17 heavy (non-hydrogen) atoms. The van der Waals surface area contributed by atoms with Crippen LogP contribution in [0.4, 0.5) is 0 Å². The van der Waals surface area contributed by atoms with Gasteiger partial charge in [0.1, 0.15) is 0 Å². The Kier molecular flexibility index (Phi) is 10.6. The maximum Gasteiger partial charge on any atom is 0.188 e. The SMILES string of the molecule is CCCCCCNC(N)=NCc1ccsc1.I. The number of guanidine groups is 1. The molecule has 0 atom stereocenters. The lowest BCUT2D eigenvalue weighted by Crippen LogP contribution is -2.32. The Balaban J connectivity index is 0.00000256. The first-order valence-electron chi connectivity index (χ1n) is 5.87. The molecule has 1 aromatic rings. The second kappa shape index (κ2) is 10.8. The summed E-state index contributed by atoms with van der Waals surface area (Å²) in [5.74, 6) is 0.558. The minimum absolute atomic E-state index is 0. The molecule has 0 aliphatic heterocycles. The highest BCUT2D eigenvalue weighted by Gasteiger charge is 1.93. The van der Waals surface area contributed by atoms with Crippen molar-refractivity contribution >= 4 is 41.3 Å². The molecule has 1 heterocycles. The molecular weight excluding hydrogens is 345 g/mol. The van der Waals surface area contributed by atoms with Crippen molar-refractivity contribution in [3.63, 3.8) is 0 Å². The Morgan fingerprint density at radius 3 is 2.88 bits per heavy atom. The summed E-state index contributed by atoms with van der Waals surface area (Å²) >= 11 is 1.69. The molecular formula is C12H22IN3S. The van der Waals surface area contributed by atoms with Gasteiger partial charge in [-0.05, 0) is 28.8 Å². The zero-order valence-corrected chi connectivity index (χ0v) is 13.5. The van der Waals surface area contributed by atoms with Crippen LogP contribution in [-0.4, -0.2) is 12.5 Å². The van der Waals surface area contributed by atoms with Crippen LogP contribution in [0.5, 0.6) is 0 Å². The van der Waals surface area contributed by atoms with Gasteiger partial charge in [-0.2, -0.15) is 11.3 Å². The van der Waals surface area contributed by atoms with E-state index in [-0.39, 0.29) is 24.0 Å². The van der Waals surface area contributed by atoms with Gasteiger partial charge in [-0.3, -0.25) is 0 Å². The Morgan fingerprint density at radius 2 is 2.24 bits per heavy atom. The summed E-state index contributed by atoms with van der Waals surface area (Å²) in [5.41, 5.74) is 6.97. The summed E-state index contributed by atoms with van der Waals surface area (Å²) < 4.78 is 0. The maximum absolute atomic E-state index is 5.75. The highest BCUT2D eigenvalue weighted by Crippen LogP contribution is 2.06. The van der Waals surface area contributed by atoms with E-state index in [0.717, 1.165) is 6.54 Å². The number of halogens is 1. The first-order chi connectivity index (χ1) is 7.83. The predicted molar refractivity (Wildman–Crippen MR) is 87.2 cm³/mol. The lowest BCUT2D eigenvalue weighted by Gasteiger charge is -2.04. The number of hydrogen-bond acceptors (Lipinski definition) is 2. The van der Waals surface area contributed by atoms with Gasteiger partial charge in [0.2, 0.25) is 0 Å². The lowest BCUT2D eigenvalue weighted by molar-refractivity contribution is 0.652. The molecule has 3 N–H and O–H groups in total. The van der Waals surface area contributed by atoms with Crippen LogP contribution in [0.1, 0.15) is 38.2 Å². The quantitative estimate of drug-likeness (QED) is 0.336. The second-order valence-electron chi connectivity index (χ2n) is 3.82. The molecule has 98 valence electrons. The molecule has 0 saturated carbocycles. The summed E-state index contributed by atoms with van der Waals surface area (Å²) in [6.45, 7) is 3.82. The number of hydrogen-bond donors (Lipinski definition) is 2. The van der Waals surface area contributed by atoms with Crippen LogP contribution in [0.25, 0.3) is 0 Å². The lowest BCUT2D eigenvalue weighted by atomic mass is 10.2. The first kappa shape index (κ1) is 16.7. The van der Waals surface area contributed by atoms with Gasteiger partial charge in [0, 0.05) is 6.54 Å². The van der Waals surface area contributed by atoms with Gasteiger partial charge < -0.3 is 11.1 Å². The fourth-order valence-corrected chi connectivity index (χ4v) is 2.04. The van der Waals surface area contributed by atoms with E-state index in [1.165, 1.54) is 31.2 Å². The monoisotopic (exact) mass is 367 g/mol. The zero-order valence-electron chi connectivity index (χ0n) is 10.3. The van der Waals surface area contributed by atoms with Crippen molar-refractivity contribution in [2.24, 2.45) is 10.7 Å². The van der Waals surface area contributed by atoms with Crippen LogP contribution >= 0.6 is 35.3 Å². The van der Waals surface area contributed by atoms with Gasteiger partial charge >= 0.3 is 0 Å². The topological polar surface area (TPSA) is 50.4 Å².